The number of hydrogen-bond donors (Lipinski definition) is 2. The van der Waals surface area contributed by atoms with Crippen molar-refractivity contribution in [1.82, 2.24) is 19.9 Å². The Morgan fingerprint density at radius 3 is 2.59 bits per heavy atom. The Kier molecular flexibility index (Phi) is 7.46. The predicted octanol–water partition coefficient (Wildman–Crippen LogP) is 1.68. The molecule has 0 amide bonds. The van der Waals surface area contributed by atoms with Crippen molar-refractivity contribution in [3.8, 4) is 0 Å². The summed E-state index contributed by atoms with van der Waals surface area (Å²) < 4.78 is 62.9. The van der Waals surface area contributed by atoms with Gasteiger partial charge in [-0.1, -0.05) is 0 Å². The second-order valence-corrected chi connectivity index (χ2v) is 9.29. The molecular formula is C15H24F3N5O2S2. The fraction of sp³-hybridized carbons (Fsp3) is 0.733. The highest BCUT2D eigenvalue weighted by molar-refractivity contribution is 7.89. The zero-order valence-electron chi connectivity index (χ0n) is 15.2. The van der Waals surface area contributed by atoms with Crippen molar-refractivity contribution in [2.24, 2.45) is 4.99 Å². The monoisotopic (exact) mass is 427 g/mol. The third-order valence-electron chi connectivity index (χ3n) is 4.25. The molecule has 0 saturated carbocycles. The number of aromatic nitrogens is 1. The zero-order chi connectivity index (χ0) is 20.1. The number of piperidine rings is 1. The number of thiazole rings is 1. The second-order valence-electron chi connectivity index (χ2n) is 6.09. The van der Waals surface area contributed by atoms with E-state index < -0.39 is 21.9 Å². The van der Waals surface area contributed by atoms with Gasteiger partial charge in [-0.05, 0) is 19.8 Å². The molecule has 2 N–H and O–H groups in total. The minimum absolute atomic E-state index is 0.0937. The number of nitrogens with zero attached hydrogens (tertiary/aromatic N) is 3. The predicted molar refractivity (Wildman–Crippen MR) is 99.4 cm³/mol. The molecule has 7 nitrogen and oxygen atoms in total. The van der Waals surface area contributed by atoms with Gasteiger partial charge in [0.05, 0.1) is 10.8 Å². The fourth-order valence-electron chi connectivity index (χ4n) is 2.69. The summed E-state index contributed by atoms with van der Waals surface area (Å²) in [6, 6.07) is 0.0937. The molecule has 0 spiro atoms. The molecule has 2 heterocycles. The first kappa shape index (κ1) is 21.9. The lowest BCUT2D eigenvalue weighted by Gasteiger charge is -2.32. The van der Waals surface area contributed by atoms with Crippen LogP contribution in [0.25, 0.3) is 0 Å². The van der Waals surface area contributed by atoms with E-state index in [4.69, 9.17) is 0 Å². The fourth-order valence-corrected chi connectivity index (χ4v) is 4.63. The number of hydrogen-bond acceptors (Lipinski definition) is 5. The van der Waals surface area contributed by atoms with Gasteiger partial charge in [-0.25, -0.2) is 17.7 Å². The Bertz CT molecular complexity index is 741. The lowest BCUT2D eigenvalue weighted by molar-refractivity contribution is -0.140. The molecule has 0 aliphatic carbocycles. The highest BCUT2D eigenvalue weighted by Gasteiger charge is 2.33. The molecule has 0 atom stereocenters. The number of halogens is 3. The van der Waals surface area contributed by atoms with Crippen LogP contribution in [0.4, 0.5) is 13.2 Å². The van der Waals surface area contributed by atoms with E-state index in [0.717, 1.165) is 16.7 Å². The summed E-state index contributed by atoms with van der Waals surface area (Å²) in [6.07, 6.45) is -2.72. The van der Waals surface area contributed by atoms with Crippen LogP contribution in [0, 0.1) is 0 Å². The summed E-state index contributed by atoms with van der Waals surface area (Å²) in [5, 5.41) is 7.71. The molecule has 1 saturated heterocycles. The quantitative estimate of drug-likeness (QED) is 0.533. The molecule has 0 bridgehead atoms. The molecular weight excluding hydrogens is 403 g/mol. The maximum Gasteiger partial charge on any atom is 0.434 e. The normalized spacial score (nSPS) is 17.9. The molecule has 0 unspecified atom stereocenters. The van der Waals surface area contributed by atoms with E-state index in [1.165, 1.54) is 4.31 Å². The Morgan fingerprint density at radius 2 is 2.07 bits per heavy atom. The summed E-state index contributed by atoms with van der Waals surface area (Å²) in [5.41, 5.74) is -0.862. The van der Waals surface area contributed by atoms with E-state index in [1.807, 2.05) is 0 Å². The van der Waals surface area contributed by atoms with Crippen LogP contribution in [-0.4, -0.2) is 62.1 Å². The van der Waals surface area contributed by atoms with Gasteiger partial charge in [-0.15, -0.1) is 11.3 Å². The largest absolute Gasteiger partial charge is 0.434 e. The maximum atomic E-state index is 12.5. The van der Waals surface area contributed by atoms with E-state index in [-0.39, 0.29) is 11.8 Å². The lowest BCUT2D eigenvalue weighted by atomic mass is 10.1. The smallest absolute Gasteiger partial charge is 0.356 e. The van der Waals surface area contributed by atoms with Crippen LogP contribution in [0.15, 0.2) is 10.4 Å². The molecule has 1 fully saturated rings. The van der Waals surface area contributed by atoms with Gasteiger partial charge in [0.1, 0.15) is 0 Å². The van der Waals surface area contributed by atoms with Crippen LogP contribution < -0.4 is 10.6 Å². The van der Waals surface area contributed by atoms with Gasteiger partial charge in [-0.2, -0.15) is 13.2 Å². The van der Waals surface area contributed by atoms with Crippen LogP contribution in [0.2, 0.25) is 0 Å². The van der Waals surface area contributed by atoms with Crippen molar-refractivity contribution in [3.63, 3.8) is 0 Å². The van der Waals surface area contributed by atoms with Crippen LogP contribution in [0.5, 0.6) is 0 Å². The molecule has 0 aromatic carbocycles. The number of sulfonamides is 1. The summed E-state index contributed by atoms with van der Waals surface area (Å²) in [6.45, 7) is 2.95. The summed E-state index contributed by atoms with van der Waals surface area (Å²) in [7, 11) is -1.55. The van der Waals surface area contributed by atoms with E-state index >= 15 is 0 Å². The van der Waals surface area contributed by atoms with Crippen LogP contribution in [0.3, 0.4) is 0 Å². The number of nitrogens with one attached hydrogen (secondary N) is 2. The Hall–Kier alpha value is -1.40. The van der Waals surface area contributed by atoms with Crippen molar-refractivity contribution >= 4 is 27.3 Å². The molecule has 1 aromatic heterocycles. The number of alkyl halides is 3. The summed E-state index contributed by atoms with van der Waals surface area (Å²) in [5.74, 6) is 0.639. The highest BCUT2D eigenvalue weighted by Crippen LogP contribution is 2.30. The molecule has 154 valence electrons. The number of rotatable bonds is 6. The summed E-state index contributed by atoms with van der Waals surface area (Å²) in [4.78, 5) is 7.70. The van der Waals surface area contributed by atoms with Crippen molar-refractivity contribution in [2.45, 2.75) is 38.4 Å². The third-order valence-corrected chi connectivity index (χ3v) is 7.04. The van der Waals surface area contributed by atoms with E-state index in [1.54, 1.807) is 14.0 Å². The lowest BCUT2D eigenvalue weighted by Crippen LogP contribution is -2.50. The topological polar surface area (TPSA) is 86.7 Å². The zero-order valence-corrected chi connectivity index (χ0v) is 16.8. The maximum absolute atomic E-state index is 12.5. The Labute approximate surface area is 161 Å². The van der Waals surface area contributed by atoms with Crippen LogP contribution in [0.1, 0.15) is 30.5 Å². The van der Waals surface area contributed by atoms with Gasteiger partial charge in [0.15, 0.2) is 11.7 Å². The average Bonchev–Trinajstić information content (AvgIpc) is 3.10. The van der Waals surface area contributed by atoms with Gasteiger partial charge in [0.2, 0.25) is 10.0 Å². The third kappa shape index (κ3) is 6.32. The molecule has 2 rings (SSSR count). The number of aliphatic imine (C=N–C) groups is 1. The van der Waals surface area contributed by atoms with Gasteiger partial charge < -0.3 is 10.6 Å². The van der Waals surface area contributed by atoms with Gasteiger partial charge in [0, 0.05) is 44.5 Å². The standard InChI is InChI=1S/C15H24F3N5O2S2/c1-3-27(24,25)23-8-5-11(6-9-23)21-14(19-2)20-7-4-13-22-12(10-26-13)15(16,17)18/h10-11H,3-9H2,1-2H3,(H2,19,20,21). The highest BCUT2D eigenvalue weighted by atomic mass is 32.2. The van der Waals surface area contributed by atoms with Crippen molar-refractivity contribution < 1.29 is 21.6 Å². The Balaban J connectivity index is 1.76. The molecule has 1 aliphatic heterocycles. The van der Waals surface area contributed by atoms with Crippen molar-refractivity contribution in [1.29, 1.82) is 0 Å². The molecule has 1 aromatic rings. The van der Waals surface area contributed by atoms with E-state index in [9.17, 15) is 21.6 Å². The molecule has 12 heteroatoms. The van der Waals surface area contributed by atoms with Crippen LogP contribution in [-0.2, 0) is 22.6 Å². The van der Waals surface area contributed by atoms with Crippen LogP contribution >= 0.6 is 11.3 Å². The van der Waals surface area contributed by atoms with Gasteiger partial charge in [-0.3, -0.25) is 4.99 Å². The van der Waals surface area contributed by atoms with Gasteiger partial charge >= 0.3 is 6.18 Å². The summed E-state index contributed by atoms with van der Waals surface area (Å²) >= 11 is 0.982. The van der Waals surface area contributed by atoms with Crippen molar-refractivity contribution in [2.75, 3.05) is 32.4 Å². The Morgan fingerprint density at radius 1 is 1.41 bits per heavy atom. The van der Waals surface area contributed by atoms with E-state index in [0.29, 0.717) is 49.9 Å². The minimum Gasteiger partial charge on any atom is -0.356 e. The number of guanidine groups is 1. The van der Waals surface area contributed by atoms with Gasteiger partial charge in [0.25, 0.3) is 0 Å². The first-order valence-electron chi connectivity index (χ1n) is 8.62. The molecule has 1 aliphatic rings. The van der Waals surface area contributed by atoms with E-state index in [2.05, 4.69) is 20.6 Å². The second kappa shape index (κ2) is 9.20. The molecule has 0 radical (unpaired) electrons. The van der Waals surface area contributed by atoms with Crippen molar-refractivity contribution in [3.05, 3.63) is 16.1 Å². The SMILES string of the molecule is CCS(=O)(=O)N1CCC(NC(=NC)NCCc2nc(C(F)(F)F)cs2)CC1. The average molecular weight is 428 g/mol. The first-order valence-corrected chi connectivity index (χ1v) is 11.1. The molecule has 27 heavy (non-hydrogen) atoms. The first-order chi connectivity index (χ1) is 12.7. The minimum atomic E-state index is -4.42.